The summed E-state index contributed by atoms with van der Waals surface area (Å²) in [7, 11) is 0. The van der Waals surface area contributed by atoms with Crippen molar-refractivity contribution in [1.82, 2.24) is 4.90 Å². The Labute approximate surface area is 125 Å². The van der Waals surface area contributed by atoms with E-state index in [0.717, 1.165) is 10.0 Å². The largest absolute Gasteiger partial charge is 0.409 e. The zero-order valence-electron chi connectivity index (χ0n) is 11.0. The van der Waals surface area contributed by atoms with Gasteiger partial charge in [-0.2, -0.15) is 0 Å². The molecule has 0 aromatic heterocycles. The molecule has 1 aliphatic rings. The molecular formula is C13H16BrN3O3. The molecule has 6 nitrogen and oxygen atoms in total. The SMILES string of the molecule is Cc1cc(Br)cc(C(=O)N2CCOC(/C(N)=N/O)C2)c1. The van der Waals surface area contributed by atoms with Crippen molar-refractivity contribution in [3.05, 3.63) is 33.8 Å². The van der Waals surface area contributed by atoms with Gasteiger partial charge in [0.05, 0.1) is 13.2 Å². The van der Waals surface area contributed by atoms with Gasteiger partial charge in [0.25, 0.3) is 5.91 Å². The van der Waals surface area contributed by atoms with Crippen molar-refractivity contribution in [1.29, 1.82) is 0 Å². The molecule has 1 amide bonds. The van der Waals surface area contributed by atoms with Gasteiger partial charge in [0, 0.05) is 16.6 Å². The van der Waals surface area contributed by atoms with E-state index in [-0.39, 0.29) is 18.3 Å². The third kappa shape index (κ3) is 3.29. The lowest BCUT2D eigenvalue weighted by atomic mass is 10.1. The molecule has 108 valence electrons. The fourth-order valence-electron chi connectivity index (χ4n) is 2.12. The molecule has 0 spiro atoms. The quantitative estimate of drug-likeness (QED) is 0.368. The van der Waals surface area contributed by atoms with Crippen LogP contribution in [0, 0.1) is 6.92 Å². The van der Waals surface area contributed by atoms with Crippen LogP contribution in [0.2, 0.25) is 0 Å². The number of nitrogens with zero attached hydrogens (tertiary/aromatic N) is 2. The van der Waals surface area contributed by atoms with Crippen LogP contribution in [-0.2, 0) is 4.74 Å². The second-order valence-electron chi connectivity index (χ2n) is 4.65. The van der Waals surface area contributed by atoms with Gasteiger partial charge in [0.15, 0.2) is 5.84 Å². The molecule has 1 aliphatic heterocycles. The average Bonchev–Trinajstić information content (AvgIpc) is 2.44. The van der Waals surface area contributed by atoms with Crippen LogP contribution >= 0.6 is 15.9 Å². The Morgan fingerprint density at radius 2 is 2.30 bits per heavy atom. The van der Waals surface area contributed by atoms with Crippen LogP contribution in [0.3, 0.4) is 0 Å². The zero-order valence-corrected chi connectivity index (χ0v) is 12.6. The fraction of sp³-hybridized carbons (Fsp3) is 0.385. The van der Waals surface area contributed by atoms with E-state index in [9.17, 15) is 4.79 Å². The highest BCUT2D eigenvalue weighted by Crippen LogP contribution is 2.18. The number of carbonyl (C=O) groups is 1. The molecule has 0 bridgehead atoms. The topological polar surface area (TPSA) is 88.2 Å². The van der Waals surface area contributed by atoms with Gasteiger partial charge in [0.2, 0.25) is 0 Å². The summed E-state index contributed by atoms with van der Waals surface area (Å²) in [6, 6.07) is 5.56. The first-order valence-electron chi connectivity index (χ1n) is 6.16. The van der Waals surface area contributed by atoms with Crippen LogP contribution < -0.4 is 5.73 Å². The molecule has 1 fully saturated rings. The molecular weight excluding hydrogens is 326 g/mol. The van der Waals surface area contributed by atoms with Gasteiger partial charge in [-0.15, -0.1) is 0 Å². The lowest BCUT2D eigenvalue weighted by Gasteiger charge is -2.32. The molecule has 7 heteroatoms. The Kier molecular flexibility index (Phi) is 4.61. The number of rotatable bonds is 2. The van der Waals surface area contributed by atoms with Crippen LogP contribution in [0.4, 0.5) is 0 Å². The number of oxime groups is 1. The Morgan fingerprint density at radius 1 is 1.55 bits per heavy atom. The second kappa shape index (κ2) is 6.23. The molecule has 2 rings (SSSR count). The van der Waals surface area contributed by atoms with Gasteiger partial charge in [0.1, 0.15) is 6.10 Å². The number of ether oxygens (including phenoxy) is 1. The number of carbonyl (C=O) groups excluding carboxylic acids is 1. The van der Waals surface area contributed by atoms with E-state index in [1.165, 1.54) is 0 Å². The van der Waals surface area contributed by atoms with Crippen molar-refractivity contribution in [2.24, 2.45) is 10.9 Å². The van der Waals surface area contributed by atoms with E-state index in [0.29, 0.717) is 18.7 Å². The summed E-state index contributed by atoms with van der Waals surface area (Å²) in [5, 5.41) is 11.6. The molecule has 0 radical (unpaired) electrons. The molecule has 1 aromatic carbocycles. The van der Waals surface area contributed by atoms with Crippen molar-refractivity contribution in [3.63, 3.8) is 0 Å². The number of nitrogens with two attached hydrogens (primary N) is 1. The van der Waals surface area contributed by atoms with Crippen molar-refractivity contribution < 1.29 is 14.7 Å². The molecule has 1 atom stereocenters. The highest BCUT2D eigenvalue weighted by Gasteiger charge is 2.27. The first-order chi connectivity index (χ1) is 9.51. The van der Waals surface area contributed by atoms with Crippen LogP contribution in [0.25, 0.3) is 0 Å². The standard InChI is InChI=1S/C13H16BrN3O3/c1-8-4-9(6-10(14)5-8)13(18)17-2-3-20-11(7-17)12(15)16-19/h4-6,11,19H,2-3,7H2,1H3,(H2,15,16). The first-order valence-corrected chi connectivity index (χ1v) is 6.96. The maximum absolute atomic E-state index is 12.5. The summed E-state index contributed by atoms with van der Waals surface area (Å²) in [4.78, 5) is 14.1. The number of halogens is 1. The number of hydrogen-bond donors (Lipinski definition) is 2. The molecule has 1 saturated heterocycles. The van der Waals surface area contributed by atoms with Gasteiger partial charge in [-0.25, -0.2) is 0 Å². The minimum Gasteiger partial charge on any atom is -0.409 e. The summed E-state index contributed by atoms with van der Waals surface area (Å²) in [6.45, 7) is 3.06. The van der Waals surface area contributed by atoms with E-state index in [2.05, 4.69) is 21.1 Å². The lowest BCUT2D eigenvalue weighted by Crippen LogP contribution is -2.50. The maximum atomic E-state index is 12.5. The first kappa shape index (κ1) is 14.8. The summed E-state index contributed by atoms with van der Waals surface area (Å²) in [5.41, 5.74) is 7.14. The van der Waals surface area contributed by atoms with E-state index in [1.807, 2.05) is 19.1 Å². The summed E-state index contributed by atoms with van der Waals surface area (Å²) in [5.74, 6) is -0.110. The molecule has 20 heavy (non-hydrogen) atoms. The summed E-state index contributed by atoms with van der Waals surface area (Å²) in [6.07, 6.45) is -0.564. The third-order valence-corrected chi connectivity index (χ3v) is 3.55. The van der Waals surface area contributed by atoms with Gasteiger partial charge < -0.3 is 20.6 Å². The van der Waals surface area contributed by atoms with Crippen LogP contribution in [-0.4, -0.2) is 47.7 Å². The van der Waals surface area contributed by atoms with E-state index in [4.69, 9.17) is 15.7 Å². The van der Waals surface area contributed by atoms with Gasteiger partial charge in [-0.1, -0.05) is 21.1 Å². The Hall–Kier alpha value is -1.60. The number of amidine groups is 1. The van der Waals surface area contributed by atoms with E-state index in [1.54, 1.807) is 11.0 Å². The number of hydrogen-bond acceptors (Lipinski definition) is 4. The normalized spacial score (nSPS) is 20.0. The Morgan fingerprint density at radius 3 is 2.95 bits per heavy atom. The highest BCUT2D eigenvalue weighted by atomic mass is 79.9. The predicted octanol–water partition coefficient (Wildman–Crippen LogP) is 1.34. The van der Waals surface area contributed by atoms with Gasteiger partial charge in [-0.05, 0) is 30.7 Å². The summed E-state index contributed by atoms with van der Waals surface area (Å²) >= 11 is 3.38. The molecule has 0 saturated carbocycles. The average molecular weight is 342 g/mol. The minimum atomic E-state index is -0.564. The summed E-state index contributed by atoms with van der Waals surface area (Å²) < 4.78 is 6.24. The van der Waals surface area contributed by atoms with Crippen molar-refractivity contribution in [2.75, 3.05) is 19.7 Å². The Bertz CT molecular complexity index is 527. The number of morpholine rings is 1. The third-order valence-electron chi connectivity index (χ3n) is 3.09. The predicted molar refractivity (Wildman–Crippen MR) is 77.9 cm³/mol. The van der Waals surface area contributed by atoms with Gasteiger partial charge in [-0.3, -0.25) is 4.79 Å². The maximum Gasteiger partial charge on any atom is 0.254 e. The van der Waals surface area contributed by atoms with E-state index < -0.39 is 6.10 Å². The van der Waals surface area contributed by atoms with Crippen molar-refractivity contribution >= 4 is 27.7 Å². The van der Waals surface area contributed by atoms with Crippen LogP contribution in [0.1, 0.15) is 15.9 Å². The number of aryl methyl sites for hydroxylation is 1. The number of benzene rings is 1. The fourth-order valence-corrected chi connectivity index (χ4v) is 2.73. The zero-order chi connectivity index (χ0) is 14.7. The highest BCUT2D eigenvalue weighted by molar-refractivity contribution is 9.10. The second-order valence-corrected chi connectivity index (χ2v) is 5.57. The number of amides is 1. The Balaban J connectivity index is 2.16. The van der Waals surface area contributed by atoms with Crippen molar-refractivity contribution in [2.45, 2.75) is 13.0 Å². The monoisotopic (exact) mass is 341 g/mol. The van der Waals surface area contributed by atoms with Crippen LogP contribution in [0.15, 0.2) is 27.8 Å². The smallest absolute Gasteiger partial charge is 0.254 e. The van der Waals surface area contributed by atoms with Crippen molar-refractivity contribution in [3.8, 4) is 0 Å². The molecule has 1 heterocycles. The van der Waals surface area contributed by atoms with E-state index >= 15 is 0 Å². The van der Waals surface area contributed by atoms with Crippen LogP contribution in [0.5, 0.6) is 0 Å². The molecule has 0 aliphatic carbocycles. The lowest BCUT2D eigenvalue weighted by molar-refractivity contribution is 0.00675. The molecule has 1 aromatic rings. The molecule has 1 unspecified atom stereocenters. The minimum absolute atomic E-state index is 0.0204. The molecule has 3 N–H and O–H groups in total. The van der Waals surface area contributed by atoms with Gasteiger partial charge >= 0.3 is 0 Å².